The summed E-state index contributed by atoms with van der Waals surface area (Å²) >= 11 is 0. The lowest BCUT2D eigenvalue weighted by molar-refractivity contribution is -0.133. The lowest BCUT2D eigenvalue weighted by atomic mass is 10.2. The quantitative estimate of drug-likeness (QED) is 0.861. The van der Waals surface area contributed by atoms with Gasteiger partial charge in [-0.1, -0.05) is 5.16 Å². The van der Waals surface area contributed by atoms with Crippen LogP contribution in [-0.2, 0) is 11.3 Å². The number of carbonyl (C=O) groups excluding carboxylic acids is 2. The Kier molecular flexibility index (Phi) is 3.98. The van der Waals surface area contributed by atoms with Crippen molar-refractivity contribution in [1.82, 2.24) is 30.1 Å². The molecule has 9 nitrogen and oxygen atoms in total. The highest BCUT2D eigenvalue weighted by atomic mass is 16.5. The van der Waals surface area contributed by atoms with Crippen LogP contribution in [0.2, 0.25) is 0 Å². The van der Waals surface area contributed by atoms with Crippen molar-refractivity contribution < 1.29 is 14.1 Å². The summed E-state index contributed by atoms with van der Waals surface area (Å²) in [6, 6.07) is -0.0457. The topological polar surface area (TPSA) is 106 Å². The Balaban J connectivity index is 1.44. The van der Waals surface area contributed by atoms with Crippen LogP contribution in [0.1, 0.15) is 53.8 Å². The Morgan fingerprint density at radius 2 is 2.20 bits per heavy atom. The standard InChI is InChI=1S/C16H20N6O3/c1-10-7-17-21(8-10)9-13(23)22-6-2-3-12(22)16-19-14(20-25-16)15(24)18-11-4-5-11/h7-8,11-12H,2-6,9H2,1H3,(H,18,24). The van der Waals surface area contributed by atoms with E-state index in [9.17, 15) is 9.59 Å². The summed E-state index contributed by atoms with van der Waals surface area (Å²) in [4.78, 5) is 30.5. The third kappa shape index (κ3) is 3.40. The first-order valence-corrected chi connectivity index (χ1v) is 8.53. The molecule has 2 aliphatic rings. The first kappa shape index (κ1) is 15.8. The molecule has 1 aliphatic carbocycles. The van der Waals surface area contributed by atoms with Crippen LogP contribution in [0.5, 0.6) is 0 Å². The second-order valence-electron chi connectivity index (χ2n) is 6.66. The molecule has 25 heavy (non-hydrogen) atoms. The summed E-state index contributed by atoms with van der Waals surface area (Å²) in [7, 11) is 0. The van der Waals surface area contributed by atoms with Crippen LogP contribution in [0.4, 0.5) is 0 Å². The van der Waals surface area contributed by atoms with E-state index >= 15 is 0 Å². The molecule has 0 bridgehead atoms. The SMILES string of the molecule is Cc1cnn(CC(=O)N2CCCC2c2nc(C(=O)NC3CC3)no2)c1. The molecule has 9 heteroatoms. The van der Waals surface area contributed by atoms with Gasteiger partial charge < -0.3 is 14.7 Å². The molecule has 1 unspecified atom stereocenters. The average molecular weight is 344 g/mol. The van der Waals surface area contributed by atoms with Crippen LogP contribution in [0.15, 0.2) is 16.9 Å². The highest BCUT2D eigenvalue weighted by molar-refractivity contribution is 5.90. The van der Waals surface area contributed by atoms with Crippen molar-refractivity contribution >= 4 is 11.8 Å². The minimum absolute atomic E-state index is 0.0314. The summed E-state index contributed by atoms with van der Waals surface area (Å²) in [5.74, 6) is -0.0134. The molecule has 132 valence electrons. The molecule has 2 fully saturated rings. The average Bonchev–Trinajstić information content (AvgIpc) is 3.00. The number of likely N-dealkylation sites (tertiary alicyclic amines) is 1. The second-order valence-corrected chi connectivity index (χ2v) is 6.66. The van der Waals surface area contributed by atoms with Gasteiger partial charge in [0.25, 0.3) is 11.7 Å². The Hall–Kier alpha value is -2.71. The normalized spacial score (nSPS) is 20.0. The maximum absolute atomic E-state index is 12.6. The van der Waals surface area contributed by atoms with E-state index in [1.807, 2.05) is 13.1 Å². The van der Waals surface area contributed by atoms with Crippen molar-refractivity contribution in [1.29, 1.82) is 0 Å². The van der Waals surface area contributed by atoms with Crippen molar-refractivity contribution in [3.05, 3.63) is 29.7 Å². The molecule has 0 radical (unpaired) electrons. The van der Waals surface area contributed by atoms with Crippen molar-refractivity contribution in [2.24, 2.45) is 0 Å². The lowest BCUT2D eigenvalue weighted by Gasteiger charge is -2.21. The Morgan fingerprint density at radius 3 is 2.92 bits per heavy atom. The van der Waals surface area contributed by atoms with Crippen molar-refractivity contribution in [3.8, 4) is 0 Å². The van der Waals surface area contributed by atoms with Crippen molar-refractivity contribution in [2.45, 2.75) is 51.2 Å². The van der Waals surface area contributed by atoms with Crippen LogP contribution in [0, 0.1) is 6.92 Å². The van der Waals surface area contributed by atoms with E-state index in [4.69, 9.17) is 4.52 Å². The fourth-order valence-electron chi connectivity index (χ4n) is 3.05. The number of aromatic nitrogens is 4. The zero-order valence-electron chi connectivity index (χ0n) is 14.0. The molecule has 1 N–H and O–H groups in total. The Bertz CT molecular complexity index is 793. The zero-order valence-corrected chi connectivity index (χ0v) is 14.0. The van der Waals surface area contributed by atoms with Gasteiger partial charge in [0.2, 0.25) is 11.8 Å². The van der Waals surface area contributed by atoms with Gasteiger partial charge in [0.05, 0.1) is 6.20 Å². The number of nitrogens with zero attached hydrogens (tertiary/aromatic N) is 5. The predicted molar refractivity (Wildman–Crippen MR) is 85.4 cm³/mol. The number of amides is 2. The number of carbonyl (C=O) groups is 2. The molecule has 3 heterocycles. The molecule has 2 aromatic rings. The summed E-state index contributed by atoms with van der Waals surface area (Å²) in [6.07, 6.45) is 7.15. The smallest absolute Gasteiger partial charge is 0.292 e. The fraction of sp³-hybridized carbons (Fsp3) is 0.562. The summed E-state index contributed by atoms with van der Waals surface area (Å²) in [6.45, 7) is 2.74. The van der Waals surface area contributed by atoms with E-state index in [0.29, 0.717) is 12.4 Å². The first-order chi connectivity index (χ1) is 12.1. The lowest BCUT2D eigenvalue weighted by Crippen LogP contribution is -2.33. The molecule has 1 atom stereocenters. The molecule has 4 rings (SSSR count). The maximum Gasteiger partial charge on any atom is 0.292 e. The van der Waals surface area contributed by atoms with E-state index in [-0.39, 0.29) is 36.3 Å². The van der Waals surface area contributed by atoms with Crippen molar-refractivity contribution in [3.63, 3.8) is 0 Å². The number of hydrogen-bond acceptors (Lipinski definition) is 6. The minimum atomic E-state index is -0.319. The maximum atomic E-state index is 12.6. The van der Waals surface area contributed by atoms with Gasteiger partial charge in [-0.15, -0.1) is 0 Å². The van der Waals surface area contributed by atoms with Gasteiger partial charge in [-0.3, -0.25) is 14.3 Å². The molecule has 0 aromatic carbocycles. The van der Waals surface area contributed by atoms with Gasteiger partial charge in [0.15, 0.2) is 0 Å². The minimum Gasteiger partial charge on any atom is -0.346 e. The van der Waals surface area contributed by atoms with Gasteiger partial charge in [-0.2, -0.15) is 10.1 Å². The van der Waals surface area contributed by atoms with E-state index in [1.165, 1.54) is 0 Å². The molecule has 1 aliphatic heterocycles. The first-order valence-electron chi connectivity index (χ1n) is 8.53. The second kappa shape index (κ2) is 6.30. The molecular weight excluding hydrogens is 324 g/mol. The number of aryl methyl sites for hydroxylation is 1. The fourth-order valence-corrected chi connectivity index (χ4v) is 3.05. The molecule has 2 amide bonds. The summed E-state index contributed by atoms with van der Waals surface area (Å²) in [5, 5.41) is 10.7. The zero-order chi connectivity index (χ0) is 17.4. The van der Waals surface area contributed by atoms with E-state index in [1.54, 1.807) is 15.8 Å². The van der Waals surface area contributed by atoms with Crippen LogP contribution in [0.3, 0.4) is 0 Å². The van der Waals surface area contributed by atoms with Gasteiger partial charge >= 0.3 is 0 Å². The van der Waals surface area contributed by atoms with Crippen LogP contribution in [0.25, 0.3) is 0 Å². The van der Waals surface area contributed by atoms with Gasteiger partial charge in [0.1, 0.15) is 12.6 Å². The van der Waals surface area contributed by atoms with E-state index in [2.05, 4.69) is 20.6 Å². The monoisotopic (exact) mass is 344 g/mol. The van der Waals surface area contributed by atoms with Crippen LogP contribution < -0.4 is 5.32 Å². The van der Waals surface area contributed by atoms with Gasteiger partial charge in [0, 0.05) is 18.8 Å². The largest absolute Gasteiger partial charge is 0.346 e. The molecule has 0 spiro atoms. The van der Waals surface area contributed by atoms with Gasteiger partial charge in [-0.25, -0.2) is 0 Å². The highest BCUT2D eigenvalue weighted by Crippen LogP contribution is 2.31. The summed E-state index contributed by atoms with van der Waals surface area (Å²) in [5.41, 5.74) is 1.01. The Morgan fingerprint density at radius 1 is 1.36 bits per heavy atom. The number of hydrogen-bond donors (Lipinski definition) is 1. The van der Waals surface area contributed by atoms with E-state index < -0.39 is 0 Å². The van der Waals surface area contributed by atoms with Crippen LogP contribution >= 0.6 is 0 Å². The molecule has 1 saturated heterocycles. The third-order valence-corrected chi connectivity index (χ3v) is 4.48. The summed E-state index contributed by atoms with van der Waals surface area (Å²) < 4.78 is 6.89. The van der Waals surface area contributed by atoms with Crippen LogP contribution in [-0.4, -0.2) is 49.2 Å². The number of rotatable bonds is 5. The van der Waals surface area contributed by atoms with Gasteiger partial charge in [-0.05, 0) is 38.2 Å². The van der Waals surface area contributed by atoms with E-state index in [0.717, 1.165) is 31.2 Å². The third-order valence-electron chi connectivity index (χ3n) is 4.48. The molecule has 1 saturated carbocycles. The Labute approximate surface area is 144 Å². The molecular formula is C16H20N6O3. The highest BCUT2D eigenvalue weighted by Gasteiger charge is 2.35. The van der Waals surface area contributed by atoms with Crippen molar-refractivity contribution in [2.75, 3.05) is 6.54 Å². The number of nitrogens with one attached hydrogen (secondary N) is 1. The predicted octanol–water partition coefficient (Wildman–Crippen LogP) is 0.830. The molecule has 2 aromatic heterocycles.